The molecule has 0 N–H and O–H groups in total. The van der Waals surface area contributed by atoms with Crippen LogP contribution >= 0.6 is 11.3 Å². The van der Waals surface area contributed by atoms with Crippen LogP contribution in [0.15, 0.2) is 56.9 Å². The molecule has 1 amide bonds. The Morgan fingerprint density at radius 3 is 2.19 bits per heavy atom. The highest BCUT2D eigenvalue weighted by Gasteiger charge is 2.37. The summed E-state index contributed by atoms with van der Waals surface area (Å²) in [4.78, 5) is 15.0. The van der Waals surface area contributed by atoms with Crippen molar-refractivity contribution in [1.82, 2.24) is 13.5 Å². The second-order valence-electron chi connectivity index (χ2n) is 7.68. The van der Waals surface area contributed by atoms with E-state index in [1.165, 1.54) is 19.9 Å². The Balaban J connectivity index is 1.39. The van der Waals surface area contributed by atoms with Crippen molar-refractivity contribution >= 4 is 37.3 Å². The first-order valence-electron chi connectivity index (χ1n) is 10.2. The zero-order valence-corrected chi connectivity index (χ0v) is 19.4. The number of thiophene rings is 1. The molecule has 1 aromatic heterocycles. The van der Waals surface area contributed by atoms with Gasteiger partial charge in [0.2, 0.25) is 15.9 Å². The van der Waals surface area contributed by atoms with Crippen LogP contribution in [-0.2, 0) is 24.8 Å². The number of carbonyl (C=O) groups excluding carboxylic acids is 1. The number of sulfonamides is 2. The Hall–Kier alpha value is -1.79. The number of piperidine rings is 1. The minimum absolute atomic E-state index is 0.0946. The van der Waals surface area contributed by atoms with Crippen molar-refractivity contribution < 1.29 is 21.6 Å². The summed E-state index contributed by atoms with van der Waals surface area (Å²) in [5.41, 5.74) is 0. The van der Waals surface area contributed by atoms with Gasteiger partial charge in [0.15, 0.2) is 0 Å². The first-order chi connectivity index (χ1) is 14.8. The van der Waals surface area contributed by atoms with E-state index in [2.05, 4.69) is 0 Å². The summed E-state index contributed by atoms with van der Waals surface area (Å²) in [5, 5.41) is 1.72. The lowest BCUT2D eigenvalue weighted by molar-refractivity contribution is -0.137. The average Bonchev–Trinajstić information content (AvgIpc) is 3.35. The molecule has 1 aromatic carbocycles. The molecule has 2 aliphatic rings. The van der Waals surface area contributed by atoms with E-state index in [9.17, 15) is 21.6 Å². The molecule has 0 aliphatic carbocycles. The SMILES string of the molecule is O=C([C@@H]1CCCN(S(=O)(=O)c2cccs2)C1)N1CCN(S(=O)(=O)c2ccccc2)CC1. The summed E-state index contributed by atoms with van der Waals surface area (Å²) in [6.45, 7) is 1.65. The van der Waals surface area contributed by atoms with Crippen LogP contribution in [0.4, 0.5) is 0 Å². The Labute approximate surface area is 187 Å². The third-order valence-corrected chi connectivity index (χ3v) is 10.9. The fourth-order valence-corrected chi connectivity index (χ4v) is 8.16. The van der Waals surface area contributed by atoms with Crippen LogP contribution in [0.1, 0.15) is 12.8 Å². The minimum atomic E-state index is -3.58. The van der Waals surface area contributed by atoms with E-state index in [0.717, 1.165) is 0 Å². The Kier molecular flexibility index (Phi) is 6.50. The quantitative estimate of drug-likeness (QED) is 0.645. The van der Waals surface area contributed by atoms with Gasteiger partial charge >= 0.3 is 0 Å². The van der Waals surface area contributed by atoms with Crippen molar-refractivity contribution in [3.63, 3.8) is 0 Å². The van der Waals surface area contributed by atoms with Gasteiger partial charge in [-0.25, -0.2) is 16.8 Å². The van der Waals surface area contributed by atoms with E-state index in [1.54, 1.807) is 52.7 Å². The summed E-state index contributed by atoms with van der Waals surface area (Å²) in [6.07, 6.45) is 1.27. The number of amides is 1. The number of benzene rings is 1. The number of hydrogen-bond donors (Lipinski definition) is 0. The minimum Gasteiger partial charge on any atom is -0.340 e. The number of nitrogens with zero attached hydrogens (tertiary/aromatic N) is 3. The van der Waals surface area contributed by atoms with Crippen molar-refractivity contribution in [3.8, 4) is 0 Å². The zero-order chi connectivity index (χ0) is 22.1. The number of rotatable bonds is 5. The molecule has 0 saturated carbocycles. The number of hydrogen-bond acceptors (Lipinski definition) is 6. The van der Waals surface area contributed by atoms with Crippen molar-refractivity contribution in [1.29, 1.82) is 0 Å². The lowest BCUT2D eigenvalue weighted by atomic mass is 9.98. The maximum absolute atomic E-state index is 13.1. The highest BCUT2D eigenvalue weighted by atomic mass is 32.2. The van der Waals surface area contributed by atoms with Gasteiger partial charge in [-0.1, -0.05) is 24.3 Å². The van der Waals surface area contributed by atoms with E-state index < -0.39 is 26.0 Å². The molecule has 4 rings (SSSR count). The molecule has 3 heterocycles. The van der Waals surface area contributed by atoms with Crippen LogP contribution < -0.4 is 0 Å². The Morgan fingerprint density at radius 2 is 1.55 bits per heavy atom. The van der Waals surface area contributed by atoms with Crippen molar-refractivity contribution in [2.75, 3.05) is 39.3 Å². The average molecular weight is 484 g/mol. The molecule has 11 heteroatoms. The van der Waals surface area contributed by atoms with Gasteiger partial charge in [0.05, 0.1) is 10.8 Å². The van der Waals surface area contributed by atoms with Crippen molar-refractivity contribution in [2.24, 2.45) is 5.92 Å². The predicted octanol–water partition coefficient (Wildman–Crippen LogP) is 1.68. The smallest absolute Gasteiger partial charge is 0.252 e. The second kappa shape index (κ2) is 8.99. The largest absolute Gasteiger partial charge is 0.340 e. The van der Waals surface area contributed by atoms with Crippen molar-refractivity contribution in [2.45, 2.75) is 21.9 Å². The lowest BCUT2D eigenvalue weighted by Crippen LogP contribution is -2.54. The first kappa shape index (κ1) is 22.4. The molecule has 2 aromatic rings. The number of piperazine rings is 1. The van der Waals surface area contributed by atoms with Gasteiger partial charge in [-0.15, -0.1) is 11.3 Å². The topological polar surface area (TPSA) is 95.1 Å². The van der Waals surface area contributed by atoms with Gasteiger partial charge in [0, 0.05) is 39.3 Å². The maximum Gasteiger partial charge on any atom is 0.252 e. The fourth-order valence-electron chi connectivity index (χ4n) is 4.05. The van der Waals surface area contributed by atoms with Crippen LogP contribution in [0, 0.1) is 5.92 Å². The second-order valence-corrected chi connectivity index (χ2v) is 12.7. The van der Waals surface area contributed by atoms with Gasteiger partial charge < -0.3 is 4.90 Å². The maximum atomic E-state index is 13.1. The van der Waals surface area contributed by atoms with E-state index >= 15 is 0 Å². The molecular formula is C20H25N3O5S3. The molecule has 0 radical (unpaired) electrons. The summed E-state index contributed by atoms with van der Waals surface area (Å²) < 4.78 is 54.3. The van der Waals surface area contributed by atoms with Gasteiger partial charge in [0.25, 0.3) is 10.0 Å². The van der Waals surface area contributed by atoms with Crippen molar-refractivity contribution in [3.05, 3.63) is 47.8 Å². The molecule has 2 aliphatic heterocycles. The van der Waals surface area contributed by atoms with Crippen LogP contribution in [0.2, 0.25) is 0 Å². The lowest BCUT2D eigenvalue weighted by Gasteiger charge is -2.38. The standard InChI is InChI=1S/C20H25N3O5S3/c24-20(17-6-4-10-23(16-17)31(27,28)19-9-5-15-29-19)21-11-13-22(14-12-21)30(25,26)18-7-2-1-3-8-18/h1-3,5,7-9,15,17H,4,6,10-14,16H2/t17-/m1/s1. The summed E-state index contributed by atoms with van der Waals surface area (Å²) >= 11 is 1.17. The molecule has 1 atom stereocenters. The van der Waals surface area contributed by atoms with Crippen LogP contribution in [0.5, 0.6) is 0 Å². The molecular weight excluding hydrogens is 458 g/mol. The van der Waals surface area contributed by atoms with Crippen LogP contribution in [-0.4, -0.2) is 75.5 Å². The third-order valence-electron chi connectivity index (χ3n) is 5.75. The molecule has 168 valence electrons. The van der Waals surface area contributed by atoms with E-state index in [0.29, 0.717) is 36.7 Å². The summed E-state index contributed by atoms with van der Waals surface area (Å²) in [6, 6.07) is 11.6. The highest BCUT2D eigenvalue weighted by molar-refractivity contribution is 7.91. The predicted molar refractivity (Wildman–Crippen MR) is 118 cm³/mol. The van der Waals surface area contributed by atoms with Gasteiger partial charge in [-0.2, -0.15) is 8.61 Å². The van der Waals surface area contributed by atoms with Gasteiger partial charge in [-0.3, -0.25) is 4.79 Å². The van der Waals surface area contributed by atoms with E-state index in [1.807, 2.05) is 0 Å². The van der Waals surface area contributed by atoms with E-state index in [4.69, 9.17) is 0 Å². The number of carbonyl (C=O) groups is 1. The summed E-state index contributed by atoms with van der Waals surface area (Å²) in [5.74, 6) is -0.497. The molecule has 8 nitrogen and oxygen atoms in total. The molecule has 2 fully saturated rings. The van der Waals surface area contributed by atoms with Crippen LogP contribution in [0.25, 0.3) is 0 Å². The third kappa shape index (κ3) is 4.56. The Morgan fingerprint density at radius 1 is 0.839 bits per heavy atom. The van der Waals surface area contributed by atoms with Gasteiger partial charge in [0.1, 0.15) is 4.21 Å². The molecule has 0 spiro atoms. The molecule has 2 saturated heterocycles. The molecule has 0 unspecified atom stereocenters. The Bertz CT molecular complexity index is 1110. The van der Waals surface area contributed by atoms with Crippen LogP contribution in [0.3, 0.4) is 0 Å². The molecule has 0 bridgehead atoms. The highest BCUT2D eigenvalue weighted by Crippen LogP contribution is 2.28. The fraction of sp³-hybridized carbons (Fsp3) is 0.450. The van der Waals surface area contributed by atoms with Gasteiger partial charge in [-0.05, 0) is 36.4 Å². The van der Waals surface area contributed by atoms with E-state index in [-0.39, 0.29) is 30.4 Å². The monoisotopic (exact) mass is 483 g/mol. The first-order valence-corrected chi connectivity index (χ1v) is 13.9. The normalized spacial score (nSPS) is 21.8. The molecule has 31 heavy (non-hydrogen) atoms. The zero-order valence-electron chi connectivity index (χ0n) is 17.0. The summed E-state index contributed by atoms with van der Waals surface area (Å²) in [7, 11) is -7.16.